The van der Waals surface area contributed by atoms with Crippen LogP contribution in [-0.4, -0.2) is 4.98 Å². The van der Waals surface area contributed by atoms with Crippen molar-refractivity contribution in [1.82, 2.24) is 4.98 Å². The lowest BCUT2D eigenvalue weighted by Gasteiger charge is -2.08. The van der Waals surface area contributed by atoms with Crippen molar-refractivity contribution in [2.45, 2.75) is 19.8 Å². The summed E-state index contributed by atoms with van der Waals surface area (Å²) in [5.41, 5.74) is 7.38. The molecule has 4 heteroatoms. The van der Waals surface area contributed by atoms with Crippen LogP contribution in [0.25, 0.3) is 0 Å². The number of pyridine rings is 1. The molecule has 2 aromatic rings. The summed E-state index contributed by atoms with van der Waals surface area (Å²) in [4.78, 5) is 4.04. The fourth-order valence-electron chi connectivity index (χ4n) is 1.64. The maximum Gasteiger partial charge on any atom is 0.220 e. The molecule has 0 aliphatic carbocycles. The first kappa shape index (κ1) is 12.9. The molecule has 0 atom stereocenters. The Morgan fingerprint density at radius 2 is 1.84 bits per heavy atom. The van der Waals surface area contributed by atoms with Crippen LogP contribution >= 0.6 is 0 Å². The van der Waals surface area contributed by atoms with Crippen LogP contribution in [0.5, 0.6) is 11.6 Å². The van der Waals surface area contributed by atoms with Gasteiger partial charge >= 0.3 is 0 Å². The number of nitrogen functional groups attached to an aromatic ring is 1. The van der Waals surface area contributed by atoms with Gasteiger partial charge in [0.25, 0.3) is 0 Å². The van der Waals surface area contributed by atoms with Crippen LogP contribution in [0, 0.1) is 11.3 Å². The number of nitriles is 1. The van der Waals surface area contributed by atoms with Gasteiger partial charge in [0, 0.05) is 6.07 Å². The zero-order chi connectivity index (χ0) is 13.8. The Balaban J connectivity index is 2.19. The van der Waals surface area contributed by atoms with Crippen LogP contribution in [0.4, 0.5) is 5.69 Å². The molecule has 4 nitrogen and oxygen atoms in total. The normalized spacial score (nSPS) is 10.2. The van der Waals surface area contributed by atoms with Gasteiger partial charge < -0.3 is 10.5 Å². The van der Waals surface area contributed by atoms with E-state index in [1.165, 1.54) is 5.56 Å². The summed E-state index contributed by atoms with van der Waals surface area (Å²) in [5.74, 6) is 1.53. The summed E-state index contributed by atoms with van der Waals surface area (Å²) in [6, 6.07) is 13.0. The molecular formula is C15H15N3O. The summed E-state index contributed by atoms with van der Waals surface area (Å²) >= 11 is 0. The number of hydrogen-bond donors (Lipinski definition) is 1. The van der Waals surface area contributed by atoms with E-state index in [4.69, 9.17) is 15.7 Å². The maximum atomic E-state index is 8.86. The Bertz CT molecular complexity index is 612. The largest absolute Gasteiger partial charge is 0.439 e. The Kier molecular flexibility index (Phi) is 3.67. The van der Waals surface area contributed by atoms with Crippen molar-refractivity contribution in [3.05, 3.63) is 47.7 Å². The van der Waals surface area contributed by atoms with E-state index in [-0.39, 0.29) is 5.69 Å². The second-order valence-corrected chi connectivity index (χ2v) is 4.52. The van der Waals surface area contributed by atoms with Crippen LogP contribution in [0.2, 0.25) is 0 Å². The van der Waals surface area contributed by atoms with Crippen molar-refractivity contribution in [3.63, 3.8) is 0 Å². The highest BCUT2D eigenvalue weighted by atomic mass is 16.5. The van der Waals surface area contributed by atoms with Gasteiger partial charge in [-0.1, -0.05) is 26.0 Å². The maximum absolute atomic E-state index is 8.86. The Hall–Kier alpha value is -2.54. The summed E-state index contributed by atoms with van der Waals surface area (Å²) in [5, 5.41) is 8.86. The smallest absolute Gasteiger partial charge is 0.220 e. The van der Waals surface area contributed by atoms with Crippen molar-refractivity contribution in [1.29, 1.82) is 5.26 Å². The minimum atomic E-state index is 0.177. The molecule has 96 valence electrons. The lowest BCUT2D eigenvalue weighted by Crippen LogP contribution is -1.96. The fourth-order valence-corrected chi connectivity index (χ4v) is 1.64. The van der Waals surface area contributed by atoms with Gasteiger partial charge in [0.15, 0.2) is 5.69 Å². The Morgan fingerprint density at radius 3 is 2.42 bits per heavy atom. The highest BCUT2D eigenvalue weighted by Crippen LogP contribution is 2.23. The molecule has 0 bridgehead atoms. The zero-order valence-corrected chi connectivity index (χ0v) is 10.9. The molecule has 0 saturated carbocycles. The van der Waals surface area contributed by atoms with E-state index in [1.807, 2.05) is 30.3 Å². The monoisotopic (exact) mass is 253 g/mol. The van der Waals surface area contributed by atoms with Gasteiger partial charge in [0.2, 0.25) is 5.88 Å². The van der Waals surface area contributed by atoms with Crippen LogP contribution in [0.15, 0.2) is 36.4 Å². The third-order valence-electron chi connectivity index (χ3n) is 2.78. The highest BCUT2D eigenvalue weighted by molar-refractivity contribution is 5.51. The minimum Gasteiger partial charge on any atom is -0.439 e. The molecule has 0 spiro atoms. The predicted octanol–water partition coefficient (Wildman–Crippen LogP) is 3.45. The molecule has 0 radical (unpaired) electrons. The van der Waals surface area contributed by atoms with Gasteiger partial charge in [0.1, 0.15) is 11.8 Å². The Labute approximate surface area is 112 Å². The van der Waals surface area contributed by atoms with Gasteiger partial charge in [-0.25, -0.2) is 4.98 Å². The molecule has 1 aromatic carbocycles. The summed E-state index contributed by atoms with van der Waals surface area (Å²) in [6.07, 6.45) is 0. The first-order valence-electron chi connectivity index (χ1n) is 6.04. The van der Waals surface area contributed by atoms with Gasteiger partial charge in [-0.15, -0.1) is 0 Å². The van der Waals surface area contributed by atoms with Crippen LogP contribution < -0.4 is 10.5 Å². The van der Waals surface area contributed by atoms with Crippen molar-refractivity contribution in [2.75, 3.05) is 5.73 Å². The second kappa shape index (κ2) is 5.40. The van der Waals surface area contributed by atoms with Crippen molar-refractivity contribution < 1.29 is 4.74 Å². The molecule has 0 amide bonds. The molecule has 0 saturated heterocycles. The van der Waals surface area contributed by atoms with Gasteiger partial charge in [-0.05, 0) is 29.7 Å². The van der Waals surface area contributed by atoms with Gasteiger partial charge in [0.05, 0.1) is 5.69 Å². The highest BCUT2D eigenvalue weighted by Gasteiger charge is 2.05. The average molecular weight is 253 g/mol. The lowest BCUT2D eigenvalue weighted by atomic mass is 10.0. The number of aromatic nitrogens is 1. The number of anilines is 1. The fraction of sp³-hybridized carbons (Fsp3) is 0.200. The molecule has 1 heterocycles. The van der Waals surface area contributed by atoms with E-state index in [2.05, 4.69) is 18.8 Å². The second-order valence-electron chi connectivity index (χ2n) is 4.52. The third kappa shape index (κ3) is 3.02. The molecular weight excluding hydrogens is 238 g/mol. The summed E-state index contributed by atoms with van der Waals surface area (Å²) in [6.45, 7) is 4.27. The number of ether oxygens (including phenoxy) is 1. The SMILES string of the molecule is CC(C)c1ccc(Oc2ccc(N)c(C#N)n2)cc1. The summed E-state index contributed by atoms with van der Waals surface area (Å²) in [7, 11) is 0. The van der Waals surface area contributed by atoms with E-state index >= 15 is 0 Å². The standard InChI is InChI=1S/C15H15N3O/c1-10(2)11-3-5-12(6-4-11)19-15-8-7-13(17)14(9-16)18-15/h3-8,10H,17H2,1-2H3. The number of hydrogen-bond acceptors (Lipinski definition) is 4. The first-order valence-corrected chi connectivity index (χ1v) is 6.04. The van der Waals surface area contributed by atoms with Crippen molar-refractivity contribution in [2.24, 2.45) is 0 Å². The Morgan fingerprint density at radius 1 is 1.16 bits per heavy atom. The van der Waals surface area contributed by atoms with E-state index < -0.39 is 0 Å². The van der Waals surface area contributed by atoms with Crippen molar-refractivity contribution >= 4 is 5.69 Å². The number of nitrogens with two attached hydrogens (primary N) is 1. The molecule has 1 aromatic heterocycles. The molecule has 0 fully saturated rings. The van der Waals surface area contributed by atoms with E-state index in [1.54, 1.807) is 12.1 Å². The van der Waals surface area contributed by atoms with E-state index in [9.17, 15) is 0 Å². The topological polar surface area (TPSA) is 71.9 Å². The quantitative estimate of drug-likeness (QED) is 0.909. The summed E-state index contributed by atoms with van der Waals surface area (Å²) < 4.78 is 5.59. The van der Waals surface area contributed by atoms with E-state index in [0.29, 0.717) is 23.2 Å². The van der Waals surface area contributed by atoms with Gasteiger partial charge in [-0.3, -0.25) is 0 Å². The van der Waals surface area contributed by atoms with Crippen LogP contribution in [0.1, 0.15) is 31.0 Å². The first-order chi connectivity index (χ1) is 9.10. The molecule has 19 heavy (non-hydrogen) atoms. The van der Waals surface area contributed by atoms with Crippen molar-refractivity contribution in [3.8, 4) is 17.7 Å². The third-order valence-corrected chi connectivity index (χ3v) is 2.78. The lowest BCUT2D eigenvalue weighted by molar-refractivity contribution is 0.462. The molecule has 0 aliphatic rings. The van der Waals surface area contributed by atoms with Gasteiger partial charge in [-0.2, -0.15) is 5.26 Å². The van der Waals surface area contributed by atoms with Crippen LogP contribution in [-0.2, 0) is 0 Å². The number of nitrogens with zero attached hydrogens (tertiary/aromatic N) is 2. The molecule has 2 N–H and O–H groups in total. The molecule has 0 aliphatic heterocycles. The number of benzene rings is 1. The van der Waals surface area contributed by atoms with Crippen LogP contribution in [0.3, 0.4) is 0 Å². The minimum absolute atomic E-state index is 0.177. The molecule has 2 rings (SSSR count). The zero-order valence-electron chi connectivity index (χ0n) is 10.9. The predicted molar refractivity (Wildman–Crippen MR) is 74.0 cm³/mol. The average Bonchev–Trinajstić information content (AvgIpc) is 2.41. The van der Waals surface area contributed by atoms with E-state index in [0.717, 1.165) is 0 Å². The number of rotatable bonds is 3. The molecule has 0 unspecified atom stereocenters.